The van der Waals surface area contributed by atoms with E-state index in [1.54, 1.807) is 0 Å². The Labute approximate surface area is 88.2 Å². The molecule has 1 N–H and O–H groups in total. The molecule has 1 atom stereocenters. The van der Waals surface area contributed by atoms with Crippen LogP contribution < -0.4 is 0 Å². The average molecular weight is 254 g/mol. The van der Waals surface area contributed by atoms with Crippen LogP contribution in [0.3, 0.4) is 0 Å². The monoisotopic (exact) mass is 254 g/mol. The lowest BCUT2D eigenvalue weighted by Crippen LogP contribution is -2.49. The first kappa shape index (κ1) is 15.5. The van der Waals surface area contributed by atoms with Gasteiger partial charge in [-0.2, -0.15) is 17.6 Å². The minimum absolute atomic E-state index is 0.177. The normalized spacial score (nSPS) is 15.6. The summed E-state index contributed by atoms with van der Waals surface area (Å²) in [5, 5.41) is 8.86. The summed E-state index contributed by atoms with van der Waals surface area (Å²) in [4.78, 5) is 0. The van der Waals surface area contributed by atoms with Gasteiger partial charge in [0.15, 0.2) is 0 Å². The van der Waals surface area contributed by atoms with Gasteiger partial charge in [0, 0.05) is 0 Å². The summed E-state index contributed by atoms with van der Waals surface area (Å²) in [6.45, 7) is -0.952. The molecule has 0 fully saturated rings. The fraction of sp³-hybridized carbons (Fsp3) is 1.00. The van der Waals surface area contributed by atoms with Gasteiger partial charge in [-0.15, -0.1) is 0 Å². The van der Waals surface area contributed by atoms with Crippen molar-refractivity contribution in [3.63, 3.8) is 0 Å². The predicted molar refractivity (Wildman–Crippen MR) is 43.0 cm³/mol. The number of aliphatic hydroxyl groups excluding tert-OH is 1. The Bertz CT molecular complexity index is 209. The molecule has 98 valence electrons. The van der Waals surface area contributed by atoms with Crippen LogP contribution in [0.25, 0.3) is 0 Å². The molecule has 0 saturated carbocycles. The average Bonchev–Trinajstić information content (AvgIpc) is 2.16. The zero-order chi connectivity index (χ0) is 13.0. The smallest absolute Gasteiger partial charge is 0.371 e. The van der Waals surface area contributed by atoms with E-state index in [1.807, 2.05) is 0 Å². The third-order valence-corrected chi connectivity index (χ3v) is 1.83. The van der Waals surface area contributed by atoms with E-state index < -0.39 is 37.6 Å². The first-order valence-electron chi connectivity index (χ1n) is 4.44. The highest BCUT2D eigenvalue weighted by molar-refractivity contribution is 4.86. The van der Waals surface area contributed by atoms with Crippen molar-refractivity contribution in [1.29, 1.82) is 0 Å². The Morgan fingerprint density at radius 2 is 1.69 bits per heavy atom. The Kier molecular flexibility index (Phi) is 5.54. The van der Waals surface area contributed by atoms with Crippen molar-refractivity contribution in [2.75, 3.05) is 13.2 Å². The fourth-order valence-corrected chi connectivity index (χ4v) is 0.697. The molecule has 0 rings (SSSR count). The predicted octanol–water partition coefficient (Wildman–Crippen LogP) is 2.31. The van der Waals surface area contributed by atoms with Crippen LogP contribution in [-0.2, 0) is 4.74 Å². The number of hydrogen-bond acceptors (Lipinski definition) is 2. The molecule has 0 saturated heterocycles. The van der Waals surface area contributed by atoms with Crippen LogP contribution in [0.2, 0.25) is 0 Å². The summed E-state index contributed by atoms with van der Waals surface area (Å²) in [7, 11) is 0. The lowest BCUT2D eigenvalue weighted by molar-refractivity contribution is -0.280. The minimum atomic E-state index is -5.44. The highest BCUT2D eigenvalue weighted by Gasteiger charge is 2.62. The molecule has 0 aromatic heterocycles. The molecular weight excluding hydrogens is 242 g/mol. The van der Waals surface area contributed by atoms with E-state index in [1.165, 1.54) is 6.92 Å². The second-order valence-electron chi connectivity index (χ2n) is 3.21. The zero-order valence-electron chi connectivity index (χ0n) is 8.40. The summed E-state index contributed by atoms with van der Waals surface area (Å²) < 4.78 is 77.0. The first-order valence-corrected chi connectivity index (χ1v) is 4.44. The number of halogens is 6. The van der Waals surface area contributed by atoms with E-state index in [2.05, 4.69) is 4.74 Å². The van der Waals surface area contributed by atoms with Crippen LogP contribution >= 0.6 is 0 Å². The summed E-state index contributed by atoms with van der Waals surface area (Å²) in [6.07, 6.45) is -5.38. The molecule has 1 unspecified atom stereocenters. The molecule has 0 aromatic rings. The highest BCUT2D eigenvalue weighted by atomic mass is 19.3. The Morgan fingerprint density at radius 3 is 2.06 bits per heavy atom. The molecule has 8 heteroatoms. The topological polar surface area (TPSA) is 29.5 Å². The number of ether oxygens (including phenoxy) is 1. The third kappa shape index (κ3) is 3.82. The van der Waals surface area contributed by atoms with Crippen LogP contribution in [0.4, 0.5) is 26.3 Å². The maximum absolute atomic E-state index is 12.6. The van der Waals surface area contributed by atoms with E-state index in [0.717, 1.165) is 0 Å². The van der Waals surface area contributed by atoms with Crippen molar-refractivity contribution in [2.24, 2.45) is 0 Å². The van der Waals surface area contributed by atoms with Gasteiger partial charge >= 0.3 is 18.3 Å². The van der Waals surface area contributed by atoms with Crippen LogP contribution in [0, 0.1) is 0 Å². The van der Waals surface area contributed by atoms with Crippen molar-refractivity contribution in [3.05, 3.63) is 0 Å². The number of aliphatic hydroxyl groups is 1. The molecule has 0 aliphatic heterocycles. The second-order valence-corrected chi connectivity index (χ2v) is 3.21. The summed E-state index contributed by atoms with van der Waals surface area (Å²) in [5.41, 5.74) is 0. The Balaban J connectivity index is 4.24. The molecule has 0 aliphatic rings. The molecule has 2 nitrogen and oxygen atoms in total. The first-order chi connectivity index (χ1) is 7.15. The van der Waals surface area contributed by atoms with Crippen molar-refractivity contribution in [2.45, 2.75) is 37.7 Å². The zero-order valence-corrected chi connectivity index (χ0v) is 8.40. The van der Waals surface area contributed by atoms with Gasteiger partial charge in [0.25, 0.3) is 0 Å². The van der Waals surface area contributed by atoms with Gasteiger partial charge in [-0.25, -0.2) is 8.78 Å². The molecule has 0 amide bonds. The van der Waals surface area contributed by atoms with Gasteiger partial charge in [-0.1, -0.05) is 6.92 Å². The molecule has 0 bridgehead atoms. The summed E-state index contributed by atoms with van der Waals surface area (Å²) in [6, 6.07) is 0. The third-order valence-electron chi connectivity index (χ3n) is 1.83. The van der Waals surface area contributed by atoms with Crippen LogP contribution in [0.15, 0.2) is 0 Å². The van der Waals surface area contributed by atoms with Crippen LogP contribution in [-0.4, -0.2) is 42.7 Å². The number of alkyl halides is 6. The van der Waals surface area contributed by atoms with Crippen molar-refractivity contribution in [1.82, 2.24) is 0 Å². The summed E-state index contributed by atoms with van der Waals surface area (Å²) in [5.74, 6) is -10.4. The largest absolute Gasteiger partial charge is 0.391 e. The quantitative estimate of drug-likeness (QED) is 0.706. The van der Waals surface area contributed by atoms with E-state index in [9.17, 15) is 26.3 Å². The highest BCUT2D eigenvalue weighted by Crippen LogP contribution is 2.39. The Morgan fingerprint density at radius 1 is 1.19 bits per heavy atom. The fourth-order valence-electron chi connectivity index (χ4n) is 0.697. The lowest BCUT2D eigenvalue weighted by atomic mass is 10.2. The molecular formula is C8H12F6O2. The van der Waals surface area contributed by atoms with Crippen molar-refractivity contribution >= 4 is 0 Å². The van der Waals surface area contributed by atoms with E-state index in [4.69, 9.17) is 5.11 Å². The standard InChI is InChI=1S/C8H12F6O2/c1-2-5(15)3-16-4-7(11,12)8(13,14)6(9)10/h5-6,15H,2-4H2,1H3. The molecule has 0 radical (unpaired) electrons. The number of hydrogen-bond donors (Lipinski definition) is 1. The van der Waals surface area contributed by atoms with Crippen molar-refractivity contribution in [3.8, 4) is 0 Å². The van der Waals surface area contributed by atoms with Crippen LogP contribution in [0.1, 0.15) is 13.3 Å². The van der Waals surface area contributed by atoms with Gasteiger partial charge in [0.1, 0.15) is 6.61 Å². The van der Waals surface area contributed by atoms with E-state index in [0.29, 0.717) is 0 Å². The Hall–Kier alpha value is -0.500. The molecule has 0 aromatic carbocycles. The van der Waals surface area contributed by atoms with Gasteiger partial charge in [0.2, 0.25) is 0 Å². The maximum atomic E-state index is 12.6. The molecule has 0 spiro atoms. The maximum Gasteiger partial charge on any atom is 0.371 e. The molecule has 0 heterocycles. The van der Waals surface area contributed by atoms with E-state index in [-0.39, 0.29) is 6.42 Å². The van der Waals surface area contributed by atoms with Gasteiger partial charge < -0.3 is 9.84 Å². The van der Waals surface area contributed by atoms with Crippen molar-refractivity contribution < 1.29 is 36.2 Å². The second kappa shape index (κ2) is 5.72. The van der Waals surface area contributed by atoms with Crippen LogP contribution in [0.5, 0.6) is 0 Å². The van der Waals surface area contributed by atoms with Gasteiger partial charge in [-0.3, -0.25) is 0 Å². The minimum Gasteiger partial charge on any atom is -0.391 e. The van der Waals surface area contributed by atoms with E-state index >= 15 is 0 Å². The summed E-state index contributed by atoms with van der Waals surface area (Å²) >= 11 is 0. The number of rotatable bonds is 7. The molecule has 16 heavy (non-hydrogen) atoms. The van der Waals surface area contributed by atoms with Gasteiger partial charge in [-0.05, 0) is 6.42 Å². The molecule has 0 aliphatic carbocycles. The van der Waals surface area contributed by atoms with Gasteiger partial charge in [0.05, 0.1) is 12.7 Å². The SMILES string of the molecule is CCC(O)COCC(F)(F)C(F)(F)C(F)F. The lowest BCUT2D eigenvalue weighted by Gasteiger charge is -2.25.